The molecular weight excluding hydrogens is 396 g/mol. The summed E-state index contributed by atoms with van der Waals surface area (Å²) in [6.07, 6.45) is 11.8. The standard InChI is InChI=1S/C29H48O3/c1-25(2)22-11-10-18-19(28(22,6)16-13-23(25)30)8-9-20-21(12-15-27(18,20)5)29(7)17-14-24(32-29)26(3,4)31/h18-22,24,31H,8-17H2,1-7H3/t18-,19+,20-,21+,22+,24-,27-,28-,29+/m1/s1. The average molecular weight is 445 g/mol. The molecule has 1 N–H and O–H groups in total. The number of aliphatic hydroxyl groups is 1. The summed E-state index contributed by atoms with van der Waals surface area (Å²) in [5.41, 5.74) is -0.250. The predicted molar refractivity (Wildman–Crippen MR) is 128 cm³/mol. The molecule has 182 valence electrons. The number of fused-ring (bicyclic) bond motifs is 5. The van der Waals surface area contributed by atoms with Gasteiger partial charge >= 0.3 is 0 Å². The van der Waals surface area contributed by atoms with Gasteiger partial charge in [0, 0.05) is 11.8 Å². The van der Waals surface area contributed by atoms with Gasteiger partial charge < -0.3 is 9.84 Å². The van der Waals surface area contributed by atoms with Crippen molar-refractivity contribution in [1.82, 2.24) is 0 Å². The molecule has 5 fully saturated rings. The molecule has 3 heteroatoms. The van der Waals surface area contributed by atoms with E-state index in [1.807, 2.05) is 13.8 Å². The van der Waals surface area contributed by atoms with Gasteiger partial charge in [-0.1, -0.05) is 27.7 Å². The molecule has 4 saturated carbocycles. The molecule has 9 atom stereocenters. The van der Waals surface area contributed by atoms with Crippen molar-refractivity contribution in [2.75, 3.05) is 0 Å². The van der Waals surface area contributed by atoms with E-state index in [9.17, 15) is 9.90 Å². The zero-order valence-electron chi connectivity index (χ0n) is 21.8. The van der Waals surface area contributed by atoms with Crippen molar-refractivity contribution in [1.29, 1.82) is 0 Å². The number of hydrogen-bond donors (Lipinski definition) is 1. The van der Waals surface area contributed by atoms with Crippen LogP contribution in [0.5, 0.6) is 0 Å². The molecule has 0 aromatic carbocycles. The highest BCUT2D eigenvalue weighted by Gasteiger charge is 2.65. The summed E-state index contributed by atoms with van der Waals surface area (Å²) in [7, 11) is 0. The predicted octanol–water partition coefficient (Wildman–Crippen LogP) is 6.56. The Balaban J connectivity index is 1.40. The highest BCUT2D eigenvalue weighted by Crippen LogP contribution is 2.71. The number of carbonyl (C=O) groups excluding carboxylic acids is 1. The summed E-state index contributed by atoms with van der Waals surface area (Å²) in [6, 6.07) is 0. The van der Waals surface area contributed by atoms with Crippen molar-refractivity contribution in [3.63, 3.8) is 0 Å². The van der Waals surface area contributed by atoms with Gasteiger partial charge in [-0.25, -0.2) is 0 Å². The Morgan fingerprint density at radius 3 is 2.00 bits per heavy atom. The summed E-state index contributed by atoms with van der Waals surface area (Å²) in [5, 5.41) is 10.6. The van der Waals surface area contributed by atoms with Gasteiger partial charge in [0.15, 0.2) is 0 Å². The number of rotatable bonds is 2. The smallest absolute Gasteiger partial charge is 0.138 e. The summed E-state index contributed by atoms with van der Waals surface area (Å²) in [6.45, 7) is 15.8. The van der Waals surface area contributed by atoms with Gasteiger partial charge in [0.25, 0.3) is 0 Å². The molecule has 0 bridgehead atoms. The molecule has 5 rings (SSSR count). The fourth-order valence-electron chi connectivity index (χ4n) is 10.4. The Kier molecular flexibility index (Phi) is 5.15. The zero-order chi connectivity index (χ0) is 23.3. The normalized spacial score (nSPS) is 52.9. The highest BCUT2D eigenvalue weighted by atomic mass is 16.5. The van der Waals surface area contributed by atoms with Gasteiger partial charge in [0.05, 0.1) is 17.3 Å². The lowest BCUT2D eigenvalue weighted by atomic mass is 9.40. The Morgan fingerprint density at radius 1 is 0.781 bits per heavy atom. The van der Waals surface area contributed by atoms with E-state index in [0.717, 1.165) is 43.4 Å². The van der Waals surface area contributed by atoms with Crippen molar-refractivity contribution < 1.29 is 14.6 Å². The van der Waals surface area contributed by atoms with Crippen LogP contribution in [0.3, 0.4) is 0 Å². The van der Waals surface area contributed by atoms with Crippen LogP contribution in [0.15, 0.2) is 0 Å². The second kappa shape index (κ2) is 7.06. The van der Waals surface area contributed by atoms with E-state index in [2.05, 4.69) is 34.6 Å². The van der Waals surface area contributed by atoms with Gasteiger partial charge in [-0.2, -0.15) is 0 Å². The largest absolute Gasteiger partial charge is 0.388 e. The van der Waals surface area contributed by atoms with Crippen LogP contribution < -0.4 is 0 Å². The monoisotopic (exact) mass is 444 g/mol. The van der Waals surface area contributed by atoms with Crippen molar-refractivity contribution in [2.24, 2.45) is 45.8 Å². The van der Waals surface area contributed by atoms with E-state index in [-0.39, 0.29) is 17.1 Å². The number of ketones is 1. The molecule has 0 aromatic rings. The molecule has 0 radical (unpaired) electrons. The van der Waals surface area contributed by atoms with Crippen LogP contribution in [0, 0.1) is 45.8 Å². The van der Waals surface area contributed by atoms with Gasteiger partial charge in [-0.15, -0.1) is 0 Å². The second-order valence-electron chi connectivity index (χ2n) is 14.4. The quantitative estimate of drug-likeness (QED) is 0.525. The van der Waals surface area contributed by atoms with Crippen LogP contribution >= 0.6 is 0 Å². The Bertz CT molecular complexity index is 780. The Hall–Kier alpha value is -0.410. The number of ether oxygens (including phenoxy) is 1. The van der Waals surface area contributed by atoms with E-state index < -0.39 is 5.60 Å². The van der Waals surface area contributed by atoms with Gasteiger partial charge in [0.2, 0.25) is 0 Å². The first-order valence-corrected chi connectivity index (χ1v) is 13.7. The van der Waals surface area contributed by atoms with Crippen LogP contribution in [0.25, 0.3) is 0 Å². The molecule has 3 nitrogen and oxygen atoms in total. The van der Waals surface area contributed by atoms with E-state index in [4.69, 9.17) is 4.74 Å². The van der Waals surface area contributed by atoms with Crippen LogP contribution in [-0.2, 0) is 9.53 Å². The molecule has 1 saturated heterocycles. The minimum Gasteiger partial charge on any atom is -0.388 e. The molecule has 0 aromatic heterocycles. The lowest BCUT2D eigenvalue weighted by molar-refractivity contribution is -0.177. The maximum atomic E-state index is 12.8. The van der Waals surface area contributed by atoms with Crippen LogP contribution in [-0.4, -0.2) is 28.2 Å². The summed E-state index contributed by atoms with van der Waals surface area (Å²) in [4.78, 5) is 12.8. The van der Waals surface area contributed by atoms with Crippen molar-refractivity contribution in [3.05, 3.63) is 0 Å². The average Bonchev–Trinajstić information content (AvgIpc) is 3.27. The third kappa shape index (κ3) is 3.08. The topological polar surface area (TPSA) is 46.5 Å². The molecule has 0 unspecified atom stereocenters. The first-order valence-electron chi connectivity index (χ1n) is 13.7. The number of carbonyl (C=O) groups is 1. The molecule has 4 aliphatic carbocycles. The summed E-state index contributed by atoms with van der Waals surface area (Å²) < 4.78 is 6.68. The van der Waals surface area contributed by atoms with Crippen LogP contribution in [0.2, 0.25) is 0 Å². The molecule has 32 heavy (non-hydrogen) atoms. The molecule has 1 aliphatic heterocycles. The first-order chi connectivity index (χ1) is 14.7. The molecule has 1 heterocycles. The third-order valence-corrected chi connectivity index (χ3v) is 12.2. The highest BCUT2D eigenvalue weighted by molar-refractivity contribution is 5.85. The number of Topliss-reactive ketones (excluding diaryl/α,β-unsaturated/α-hetero) is 1. The molecule has 0 amide bonds. The van der Waals surface area contributed by atoms with Gasteiger partial charge in [-0.05, 0) is 119 Å². The van der Waals surface area contributed by atoms with Gasteiger partial charge in [-0.3, -0.25) is 4.79 Å². The van der Waals surface area contributed by atoms with Crippen molar-refractivity contribution >= 4 is 5.78 Å². The second-order valence-corrected chi connectivity index (χ2v) is 14.4. The van der Waals surface area contributed by atoms with E-state index in [1.54, 1.807) is 0 Å². The molecular formula is C29H48O3. The lowest BCUT2D eigenvalue weighted by Gasteiger charge is -2.64. The fourth-order valence-corrected chi connectivity index (χ4v) is 10.4. The number of hydrogen-bond acceptors (Lipinski definition) is 3. The maximum Gasteiger partial charge on any atom is 0.138 e. The zero-order valence-corrected chi connectivity index (χ0v) is 21.8. The summed E-state index contributed by atoms with van der Waals surface area (Å²) >= 11 is 0. The van der Waals surface area contributed by atoms with Crippen molar-refractivity contribution in [3.8, 4) is 0 Å². The van der Waals surface area contributed by atoms with E-state index in [1.165, 1.54) is 38.5 Å². The SMILES string of the molecule is CC(C)(O)[C@H]1CC[C@@](C)([C@H]2CC[C@]3(C)[C@@H]4CC[C@H]5C(C)(C)C(=O)CC[C@]5(C)[C@H]4CC[C@H]23)O1. The van der Waals surface area contributed by atoms with E-state index in [0.29, 0.717) is 28.4 Å². The summed E-state index contributed by atoms with van der Waals surface area (Å²) in [5.74, 6) is 4.00. The van der Waals surface area contributed by atoms with Crippen LogP contribution in [0.4, 0.5) is 0 Å². The van der Waals surface area contributed by atoms with Crippen LogP contribution in [0.1, 0.15) is 113 Å². The molecule has 5 aliphatic rings. The third-order valence-electron chi connectivity index (χ3n) is 12.2. The lowest BCUT2D eigenvalue weighted by Crippen LogP contribution is -2.59. The first kappa shape index (κ1) is 23.3. The van der Waals surface area contributed by atoms with Crippen molar-refractivity contribution in [2.45, 2.75) is 130 Å². The van der Waals surface area contributed by atoms with Gasteiger partial charge in [0.1, 0.15) is 5.78 Å². The minimum atomic E-state index is -0.754. The fraction of sp³-hybridized carbons (Fsp3) is 0.966. The Labute approximate surface area is 196 Å². The minimum absolute atomic E-state index is 0.0351. The maximum absolute atomic E-state index is 12.8. The Morgan fingerprint density at radius 2 is 1.38 bits per heavy atom. The molecule has 0 spiro atoms. The van der Waals surface area contributed by atoms with E-state index >= 15 is 0 Å².